The van der Waals surface area contributed by atoms with Gasteiger partial charge in [0.1, 0.15) is 22.4 Å². The number of fused-ring (bicyclic) bond motifs is 1. The van der Waals surface area contributed by atoms with Gasteiger partial charge in [0, 0.05) is 24.5 Å². The lowest BCUT2D eigenvalue weighted by Gasteiger charge is -2.47. The number of carbonyl (C=O) groups excluding carboxylic acids is 1. The van der Waals surface area contributed by atoms with Crippen molar-refractivity contribution >= 4 is 26.8 Å². The molecule has 0 spiro atoms. The Morgan fingerprint density at radius 3 is 2.55 bits per heavy atom. The Hall–Kier alpha value is -3.82. The molecule has 40 heavy (non-hydrogen) atoms. The van der Waals surface area contributed by atoms with Crippen molar-refractivity contribution in [2.45, 2.75) is 62.8 Å². The summed E-state index contributed by atoms with van der Waals surface area (Å²) in [5.74, 6) is -0.0368. The number of rotatable bonds is 10. The molecule has 3 aromatic rings. The van der Waals surface area contributed by atoms with E-state index in [-0.39, 0.29) is 24.6 Å². The van der Waals surface area contributed by atoms with Gasteiger partial charge in [-0.15, -0.1) is 5.10 Å². The predicted molar refractivity (Wildman–Crippen MR) is 148 cm³/mol. The van der Waals surface area contributed by atoms with Gasteiger partial charge in [0.15, 0.2) is 0 Å². The van der Waals surface area contributed by atoms with Gasteiger partial charge in [-0.3, -0.25) is 9.59 Å². The predicted octanol–water partition coefficient (Wildman–Crippen LogP) is 2.54. The van der Waals surface area contributed by atoms with E-state index >= 15 is 0 Å². The van der Waals surface area contributed by atoms with Crippen molar-refractivity contribution < 1.29 is 17.9 Å². The smallest absolute Gasteiger partial charge is 0.263 e. The number of hydrogen-bond acceptors (Lipinski definition) is 8. The van der Waals surface area contributed by atoms with Crippen molar-refractivity contribution in [3.05, 3.63) is 63.6 Å². The quantitative estimate of drug-likeness (QED) is 0.381. The van der Waals surface area contributed by atoms with Crippen molar-refractivity contribution in [2.75, 3.05) is 6.61 Å². The molecule has 2 aliphatic rings. The van der Waals surface area contributed by atoms with E-state index in [0.717, 1.165) is 24.8 Å². The number of hydrogen-bond donors (Lipinski definition) is 2. The highest BCUT2D eigenvalue weighted by Gasteiger charge is 2.58. The molecule has 1 aromatic carbocycles. The molecule has 5 rings (SSSR count). The molecule has 1 amide bonds. The standard InChI is InChI=1S/C28H32N6O5S/c1-4-27(12-18(2)13-27)33-40(37,38)28(9-10-28)17-39-25-23-21(16-31-32-25)11-22(26(36)34(23)3)24(35)30-15-20-7-5-19(14-29)6-8-20/h5-8,11,16,18,33H,4,9-10,12-13,15,17H2,1-3H3,(H,30,35). The zero-order valence-corrected chi connectivity index (χ0v) is 23.5. The number of aryl methyl sites for hydroxylation is 1. The van der Waals surface area contributed by atoms with Crippen molar-refractivity contribution in [1.29, 1.82) is 5.26 Å². The van der Waals surface area contributed by atoms with Crippen LogP contribution in [0.4, 0.5) is 0 Å². The van der Waals surface area contributed by atoms with Crippen LogP contribution in [0, 0.1) is 17.2 Å². The zero-order valence-electron chi connectivity index (χ0n) is 22.7. The van der Waals surface area contributed by atoms with Crippen molar-refractivity contribution in [2.24, 2.45) is 13.0 Å². The minimum absolute atomic E-state index is 0.0330. The van der Waals surface area contributed by atoms with Gasteiger partial charge >= 0.3 is 0 Å². The largest absolute Gasteiger partial charge is 0.473 e. The van der Waals surface area contributed by atoms with Crippen LogP contribution in [0.3, 0.4) is 0 Å². The first-order valence-electron chi connectivity index (χ1n) is 13.3. The summed E-state index contributed by atoms with van der Waals surface area (Å²) in [5, 5.41) is 20.1. The molecule has 0 radical (unpaired) electrons. The Kier molecular flexibility index (Phi) is 7.14. The molecule has 0 bridgehead atoms. The molecule has 0 unspecified atom stereocenters. The van der Waals surface area contributed by atoms with Crippen LogP contribution in [-0.4, -0.2) is 46.0 Å². The first kappa shape index (κ1) is 27.7. The van der Waals surface area contributed by atoms with Crippen LogP contribution in [0.15, 0.2) is 41.3 Å². The summed E-state index contributed by atoms with van der Waals surface area (Å²) in [5.41, 5.74) is 0.588. The molecule has 2 saturated carbocycles. The van der Waals surface area contributed by atoms with E-state index < -0.39 is 31.8 Å². The fourth-order valence-electron chi connectivity index (χ4n) is 5.49. The molecule has 0 saturated heterocycles. The minimum Gasteiger partial charge on any atom is -0.473 e. The maximum absolute atomic E-state index is 13.4. The lowest BCUT2D eigenvalue weighted by Crippen LogP contribution is -2.59. The van der Waals surface area contributed by atoms with Crippen LogP contribution in [-0.2, 0) is 23.6 Å². The third kappa shape index (κ3) is 5.07. The molecule has 2 N–H and O–H groups in total. The van der Waals surface area contributed by atoms with Crippen molar-refractivity contribution in [3.8, 4) is 11.9 Å². The number of pyridine rings is 1. The number of benzene rings is 1. The van der Waals surface area contributed by atoms with Crippen LogP contribution in [0.5, 0.6) is 5.88 Å². The van der Waals surface area contributed by atoms with E-state index in [1.54, 1.807) is 24.3 Å². The van der Waals surface area contributed by atoms with Gasteiger partial charge in [0.25, 0.3) is 17.3 Å². The Morgan fingerprint density at radius 2 is 1.95 bits per heavy atom. The minimum atomic E-state index is -3.66. The van der Waals surface area contributed by atoms with Crippen LogP contribution in [0.2, 0.25) is 0 Å². The summed E-state index contributed by atoms with van der Waals surface area (Å²) < 4.78 is 35.9. The molecule has 11 nitrogen and oxygen atoms in total. The summed E-state index contributed by atoms with van der Waals surface area (Å²) >= 11 is 0. The second kappa shape index (κ2) is 10.3. The molecule has 0 aliphatic heterocycles. The van der Waals surface area contributed by atoms with Gasteiger partial charge < -0.3 is 14.6 Å². The molecule has 0 atom stereocenters. The van der Waals surface area contributed by atoms with E-state index in [2.05, 4.69) is 27.2 Å². The molecule has 2 fully saturated rings. The Labute approximate surface area is 232 Å². The van der Waals surface area contributed by atoms with Gasteiger partial charge in [0.05, 0.1) is 17.8 Å². The lowest BCUT2D eigenvalue weighted by molar-refractivity contribution is 0.0949. The third-order valence-corrected chi connectivity index (χ3v) is 10.5. The maximum atomic E-state index is 13.4. The van der Waals surface area contributed by atoms with Gasteiger partial charge in [-0.1, -0.05) is 26.0 Å². The number of amides is 1. The van der Waals surface area contributed by atoms with Crippen LogP contribution >= 0.6 is 0 Å². The van der Waals surface area contributed by atoms with Gasteiger partial charge in [-0.25, -0.2) is 13.1 Å². The van der Waals surface area contributed by atoms with Gasteiger partial charge in [-0.2, -0.15) is 10.4 Å². The third-order valence-electron chi connectivity index (χ3n) is 8.13. The van der Waals surface area contributed by atoms with E-state index in [4.69, 9.17) is 10.00 Å². The normalized spacial score (nSPS) is 21.3. The molecule has 12 heteroatoms. The van der Waals surface area contributed by atoms with Crippen LogP contribution in [0.1, 0.15) is 67.4 Å². The number of aromatic nitrogens is 3. The number of sulfonamides is 1. The summed E-state index contributed by atoms with van der Waals surface area (Å²) in [6.07, 6.45) is 4.73. The highest BCUT2D eigenvalue weighted by Crippen LogP contribution is 2.47. The highest BCUT2D eigenvalue weighted by atomic mass is 32.2. The molecular weight excluding hydrogens is 532 g/mol. The second-order valence-corrected chi connectivity index (χ2v) is 13.2. The van der Waals surface area contributed by atoms with Crippen LogP contribution in [0.25, 0.3) is 10.9 Å². The second-order valence-electron chi connectivity index (χ2n) is 11.1. The number of carbonyl (C=O) groups is 1. The average Bonchev–Trinajstić information content (AvgIpc) is 3.73. The van der Waals surface area contributed by atoms with E-state index in [0.29, 0.717) is 35.2 Å². The summed E-state index contributed by atoms with van der Waals surface area (Å²) in [7, 11) is -2.15. The van der Waals surface area contributed by atoms with Gasteiger partial charge in [-0.05, 0) is 61.8 Å². The Morgan fingerprint density at radius 1 is 1.25 bits per heavy atom. The fraction of sp³-hybridized carbons (Fsp3) is 0.464. The van der Waals surface area contributed by atoms with E-state index in [1.807, 2.05) is 13.0 Å². The van der Waals surface area contributed by atoms with Crippen molar-refractivity contribution in [3.63, 3.8) is 0 Å². The number of ether oxygens (including phenoxy) is 1. The van der Waals surface area contributed by atoms with E-state index in [1.165, 1.54) is 23.9 Å². The Bertz CT molecular complexity index is 1670. The molecular formula is C28H32N6O5S. The fourth-order valence-corrected chi connectivity index (χ4v) is 7.45. The average molecular weight is 565 g/mol. The summed E-state index contributed by atoms with van der Waals surface area (Å²) in [4.78, 5) is 26.0. The maximum Gasteiger partial charge on any atom is 0.263 e. The van der Waals surface area contributed by atoms with Crippen LogP contribution < -0.4 is 20.3 Å². The van der Waals surface area contributed by atoms with Crippen molar-refractivity contribution in [1.82, 2.24) is 24.8 Å². The summed E-state index contributed by atoms with van der Waals surface area (Å²) in [6.45, 7) is 4.17. The number of nitrogens with zero attached hydrogens (tertiary/aromatic N) is 4. The Balaban J connectivity index is 1.33. The first-order valence-corrected chi connectivity index (χ1v) is 14.8. The van der Waals surface area contributed by atoms with E-state index in [9.17, 15) is 18.0 Å². The monoisotopic (exact) mass is 564 g/mol. The molecule has 210 valence electrons. The topological polar surface area (TPSA) is 156 Å². The molecule has 2 aromatic heterocycles. The SMILES string of the molecule is CCC1(NS(=O)(=O)C2(COc3nncc4cc(C(=O)NCc5ccc(C#N)cc5)c(=O)n(C)c34)CC2)CC(C)C1. The zero-order chi connectivity index (χ0) is 28.7. The first-order chi connectivity index (χ1) is 19.0. The summed E-state index contributed by atoms with van der Waals surface area (Å²) in [6, 6.07) is 10.2. The lowest BCUT2D eigenvalue weighted by atomic mass is 9.68. The van der Waals surface area contributed by atoms with Gasteiger partial charge in [0.2, 0.25) is 10.0 Å². The number of nitrogens with one attached hydrogen (secondary N) is 2. The molecule has 2 heterocycles. The highest BCUT2D eigenvalue weighted by molar-refractivity contribution is 7.91. The molecule has 2 aliphatic carbocycles. The number of nitriles is 1.